The number of rotatable bonds is 5. The van der Waals surface area contributed by atoms with Gasteiger partial charge in [0.2, 0.25) is 0 Å². The van der Waals surface area contributed by atoms with Crippen molar-refractivity contribution in [1.29, 1.82) is 0 Å². The van der Waals surface area contributed by atoms with Gasteiger partial charge in [-0.1, -0.05) is 15.9 Å². The van der Waals surface area contributed by atoms with E-state index < -0.39 is 0 Å². The molecular formula is C11H15BrN4. The Hall–Kier alpha value is -1.10. The van der Waals surface area contributed by atoms with Crippen LogP contribution in [0.5, 0.6) is 0 Å². The van der Waals surface area contributed by atoms with Gasteiger partial charge in [0.15, 0.2) is 5.65 Å². The molecule has 0 atom stereocenters. The molecule has 0 N–H and O–H groups in total. The Balaban J connectivity index is 2.22. The normalized spacial score (nSPS) is 10.9. The van der Waals surface area contributed by atoms with Gasteiger partial charge < -0.3 is 4.90 Å². The van der Waals surface area contributed by atoms with Gasteiger partial charge in [0.1, 0.15) is 5.82 Å². The van der Waals surface area contributed by atoms with Crippen molar-refractivity contribution in [3.63, 3.8) is 0 Å². The van der Waals surface area contributed by atoms with E-state index in [4.69, 9.17) is 0 Å². The van der Waals surface area contributed by atoms with Crippen molar-refractivity contribution in [2.45, 2.75) is 13.3 Å². The number of fused-ring (bicyclic) bond motifs is 1. The van der Waals surface area contributed by atoms with Gasteiger partial charge in [-0.15, -0.1) is 0 Å². The quantitative estimate of drug-likeness (QED) is 0.790. The maximum absolute atomic E-state index is 4.57. The third-order valence-electron chi connectivity index (χ3n) is 2.51. The molecule has 0 aliphatic heterocycles. The topological polar surface area (TPSA) is 33.4 Å². The number of halogens is 1. The van der Waals surface area contributed by atoms with Crippen molar-refractivity contribution in [2.24, 2.45) is 0 Å². The van der Waals surface area contributed by atoms with Gasteiger partial charge in [-0.25, -0.2) is 9.50 Å². The Bertz CT molecular complexity index is 454. The number of hydrogen-bond donors (Lipinski definition) is 0. The van der Waals surface area contributed by atoms with Crippen molar-refractivity contribution in [3.05, 3.63) is 24.5 Å². The second-order valence-corrected chi connectivity index (χ2v) is 4.33. The Morgan fingerprint density at radius 1 is 1.44 bits per heavy atom. The Morgan fingerprint density at radius 2 is 2.31 bits per heavy atom. The summed E-state index contributed by atoms with van der Waals surface area (Å²) in [6.07, 6.45) is 4.84. The van der Waals surface area contributed by atoms with Gasteiger partial charge in [0.05, 0.1) is 6.20 Å². The van der Waals surface area contributed by atoms with Gasteiger partial charge >= 0.3 is 0 Å². The van der Waals surface area contributed by atoms with E-state index in [0.717, 1.165) is 36.3 Å². The summed E-state index contributed by atoms with van der Waals surface area (Å²) in [5.41, 5.74) is 0.898. The lowest BCUT2D eigenvalue weighted by Gasteiger charge is -2.21. The standard InChI is InChI=1S/C11H15BrN4/c1-2-15(8-3-6-12)10-5-9-16-11(14-10)4-7-13-16/h4-5,7,9H,2-3,6,8H2,1H3. The Labute approximate surface area is 103 Å². The lowest BCUT2D eigenvalue weighted by Crippen LogP contribution is -2.25. The predicted octanol–water partition coefficient (Wildman–Crippen LogP) is 2.34. The second-order valence-electron chi connectivity index (χ2n) is 3.54. The maximum Gasteiger partial charge on any atom is 0.157 e. The summed E-state index contributed by atoms with van der Waals surface area (Å²) < 4.78 is 1.78. The van der Waals surface area contributed by atoms with E-state index in [1.54, 1.807) is 10.7 Å². The van der Waals surface area contributed by atoms with Crippen LogP contribution in [-0.4, -0.2) is 33.0 Å². The fourth-order valence-corrected chi connectivity index (χ4v) is 1.91. The number of nitrogens with zero attached hydrogens (tertiary/aromatic N) is 4. The summed E-state index contributed by atoms with van der Waals surface area (Å²) >= 11 is 3.45. The van der Waals surface area contributed by atoms with Gasteiger partial charge in [-0.2, -0.15) is 5.10 Å². The monoisotopic (exact) mass is 282 g/mol. The van der Waals surface area contributed by atoms with E-state index in [1.807, 2.05) is 18.3 Å². The van der Waals surface area contributed by atoms with Crippen molar-refractivity contribution in [2.75, 3.05) is 23.3 Å². The number of anilines is 1. The van der Waals surface area contributed by atoms with Crippen LogP contribution in [0.25, 0.3) is 5.65 Å². The molecule has 16 heavy (non-hydrogen) atoms. The smallest absolute Gasteiger partial charge is 0.157 e. The molecule has 2 aromatic heterocycles. The van der Waals surface area contributed by atoms with Gasteiger partial charge in [0.25, 0.3) is 0 Å². The minimum atomic E-state index is 0.898. The molecule has 2 heterocycles. The molecule has 0 aliphatic rings. The van der Waals surface area contributed by atoms with Crippen molar-refractivity contribution in [1.82, 2.24) is 14.6 Å². The van der Waals surface area contributed by atoms with Crippen molar-refractivity contribution in [3.8, 4) is 0 Å². The van der Waals surface area contributed by atoms with Crippen LogP contribution < -0.4 is 4.90 Å². The predicted molar refractivity (Wildman–Crippen MR) is 69.3 cm³/mol. The average Bonchev–Trinajstić information content (AvgIpc) is 2.77. The molecule has 0 unspecified atom stereocenters. The molecule has 0 fully saturated rings. The molecule has 0 saturated heterocycles. The average molecular weight is 283 g/mol. The fraction of sp³-hybridized carbons (Fsp3) is 0.455. The first-order chi connectivity index (χ1) is 7.85. The third kappa shape index (κ3) is 2.35. The molecule has 4 nitrogen and oxygen atoms in total. The van der Waals surface area contributed by atoms with E-state index >= 15 is 0 Å². The lowest BCUT2D eigenvalue weighted by molar-refractivity contribution is 0.782. The summed E-state index contributed by atoms with van der Waals surface area (Å²) in [5, 5.41) is 5.16. The van der Waals surface area contributed by atoms with Crippen LogP contribution in [0.4, 0.5) is 5.82 Å². The van der Waals surface area contributed by atoms with E-state index in [9.17, 15) is 0 Å². The molecule has 86 valence electrons. The van der Waals surface area contributed by atoms with Gasteiger partial charge in [0, 0.05) is 30.7 Å². The number of aromatic nitrogens is 3. The molecule has 0 aromatic carbocycles. The number of alkyl halides is 1. The molecule has 0 bridgehead atoms. The molecular weight excluding hydrogens is 268 g/mol. The maximum atomic E-state index is 4.57. The van der Waals surface area contributed by atoms with Crippen LogP contribution in [0.15, 0.2) is 24.5 Å². The zero-order valence-corrected chi connectivity index (χ0v) is 10.9. The Kier molecular flexibility index (Phi) is 3.77. The van der Waals surface area contributed by atoms with Crippen LogP contribution >= 0.6 is 15.9 Å². The summed E-state index contributed by atoms with van der Waals surface area (Å²) in [6.45, 7) is 4.15. The van der Waals surface area contributed by atoms with Gasteiger partial charge in [-0.3, -0.25) is 0 Å². The van der Waals surface area contributed by atoms with E-state index in [1.165, 1.54) is 0 Å². The molecule has 0 aliphatic carbocycles. The van der Waals surface area contributed by atoms with Crippen LogP contribution in [0, 0.1) is 0 Å². The van der Waals surface area contributed by atoms with Crippen LogP contribution in [0.3, 0.4) is 0 Å². The van der Waals surface area contributed by atoms with Crippen LogP contribution in [0.2, 0.25) is 0 Å². The summed E-state index contributed by atoms with van der Waals surface area (Å²) in [6, 6.07) is 3.93. The highest BCUT2D eigenvalue weighted by Crippen LogP contribution is 2.12. The zero-order valence-electron chi connectivity index (χ0n) is 9.30. The fourth-order valence-electron chi connectivity index (χ4n) is 1.66. The van der Waals surface area contributed by atoms with E-state index in [-0.39, 0.29) is 0 Å². The third-order valence-corrected chi connectivity index (χ3v) is 3.07. The summed E-state index contributed by atoms with van der Waals surface area (Å²) in [7, 11) is 0. The molecule has 2 rings (SSSR count). The summed E-state index contributed by atoms with van der Waals surface area (Å²) in [4.78, 5) is 6.84. The first kappa shape index (κ1) is 11.4. The SMILES string of the molecule is CCN(CCCBr)c1ccn2nccc2n1. The van der Waals surface area contributed by atoms with E-state index in [2.05, 4.69) is 37.8 Å². The minimum Gasteiger partial charge on any atom is -0.357 e. The molecule has 0 radical (unpaired) electrons. The molecule has 0 amide bonds. The van der Waals surface area contributed by atoms with E-state index in [0.29, 0.717) is 0 Å². The second kappa shape index (κ2) is 5.30. The first-order valence-corrected chi connectivity index (χ1v) is 6.58. The lowest BCUT2D eigenvalue weighted by atomic mass is 10.4. The highest BCUT2D eigenvalue weighted by Gasteiger charge is 2.06. The van der Waals surface area contributed by atoms with Crippen molar-refractivity contribution >= 4 is 27.4 Å². The van der Waals surface area contributed by atoms with Crippen LogP contribution in [-0.2, 0) is 0 Å². The number of hydrogen-bond acceptors (Lipinski definition) is 3. The highest BCUT2D eigenvalue weighted by molar-refractivity contribution is 9.09. The summed E-state index contributed by atoms with van der Waals surface area (Å²) in [5.74, 6) is 1.02. The molecule has 0 saturated carbocycles. The zero-order chi connectivity index (χ0) is 11.4. The molecule has 5 heteroatoms. The largest absolute Gasteiger partial charge is 0.357 e. The van der Waals surface area contributed by atoms with Gasteiger partial charge in [-0.05, 0) is 19.4 Å². The first-order valence-electron chi connectivity index (χ1n) is 5.46. The van der Waals surface area contributed by atoms with Crippen molar-refractivity contribution < 1.29 is 0 Å². The minimum absolute atomic E-state index is 0.898. The molecule has 0 spiro atoms. The highest BCUT2D eigenvalue weighted by atomic mass is 79.9. The Morgan fingerprint density at radius 3 is 3.06 bits per heavy atom. The molecule has 2 aromatic rings. The van der Waals surface area contributed by atoms with Crippen LogP contribution in [0.1, 0.15) is 13.3 Å².